The van der Waals surface area contributed by atoms with Crippen LogP contribution in [-0.2, 0) is 13.6 Å². The Kier molecular flexibility index (Phi) is 4.79. The van der Waals surface area contributed by atoms with Crippen molar-refractivity contribution in [1.29, 1.82) is 0 Å². The quantitative estimate of drug-likeness (QED) is 0.510. The molecule has 0 radical (unpaired) electrons. The predicted molar refractivity (Wildman–Crippen MR) is 108 cm³/mol. The maximum Gasteiger partial charge on any atom is 0.292 e. The third-order valence-corrected chi connectivity index (χ3v) is 5.06. The summed E-state index contributed by atoms with van der Waals surface area (Å²) in [5, 5.41) is 3.90. The summed E-state index contributed by atoms with van der Waals surface area (Å²) in [6.07, 6.45) is 1.37. The third kappa shape index (κ3) is 3.36. The molecule has 9 heteroatoms. The van der Waals surface area contributed by atoms with Gasteiger partial charge in [0.05, 0.1) is 29.5 Å². The topological polar surface area (TPSA) is 56.0 Å². The van der Waals surface area contributed by atoms with Gasteiger partial charge in [-0.05, 0) is 24.3 Å². The van der Waals surface area contributed by atoms with Crippen molar-refractivity contribution in [2.24, 2.45) is 7.05 Å². The number of nitrogens with zero attached hydrogens (tertiary/aromatic N) is 5. The molecule has 29 heavy (non-hydrogen) atoms. The van der Waals surface area contributed by atoms with E-state index in [1.807, 2.05) is 35.9 Å². The number of hydrogen-bond acceptors (Lipinski definition) is 4. The molecule has 0 amide bonds. The third-order valence-electron chi connectivity index (χ3n) is 4.71. The van der Waals surface area contributed by atoms with Crippen molar-refractivity contribution in [3.05, 3.63) is 81.5 Å². The van der Waals surface area contributed by atoms with Crippen molar-refractivity contribution in [3.8, 4) is 5.69 Å². The normalized spacial score (nSPS) is 11.2. The number of anilines is 1. The maximum absolute atomic E-state index is 14.0. The summed E-state index contributed by atoms with van der Waals surface area (Å²) >= 11 is 6.27. The average Bonchev–Trinajstić information content (AvgIpc) is 3.00. The molecule has 0 saturated carbocycles. The summed E-state index contributed by atoms with van der Waals surface area (Å²) in [6.45, 7) is 0.376. The Hall–Kier alpha value is -3.26. The van der Waals surface area contributed by atoms with E-state index in [2.05, 4.69) is 10.1 Å². The molecule has 6 nitrogen and oxygen atoms in total. The molecule has 0 unspecified atom stereocenters. The second kappa shape index (κ2) is 7.29. The molecule has 2 aromatic carbocycles. The lowest BCUT2D eigenvalue weighted by atomic mass is 10.3. The maximum atomic E-state index is 14.0. The van der Waals surface area contributed by atoms with Gasteiger partial charge >= 0.3 is 0 Å². The smallest absolute Gasteiger partial charge is 0.292 e. The molecular formula is C20H16ClF2N5O. The van der Waals surface area contributed by atoms with Crippen LogP contribution >= 0.6 is 11.6 Å². The van der Waals surface area contributed by atoms with Crippen LogP contribution in [-0.4, -0.2) is 26.4 Å². The molecule has 0 spiro atoms. The number of imidazole rings is 1. The van der Waals surface area contributed by atoms with Crippen LogP contribution in [0.4, 0.5) is 14.5 Å². The van der Waals surface area contributed by atoms with E-state index >= 15 is 0 Å². The number of aromatic nitrogens is 4. The van der Waals surface area contributed by atoms with Gasteiger partial charge in [-0.2, -0.15) is 9.78 Å². The zero-order valence-electron chi connectivity index (χ0n) is 15.6. The number of halogens is 3. The van der Waals surface area contributed by atoms with Gasteiger partial charge in [0, 0.05) is 20.2 Å². The Balaban J connectivity index is 1.69. The molecule has 0 N–H and O–H groups in total. The van der Waals surface area contributed by atoms with Crippen LogP contribution < -0.4 is 10.5 Å². The van der Waals surface area contributed by atoms with Gasteiger partial charge in [0.15, 0.2) is 5.82 Å². The Morgan fingerprint density at radius 1 is 1.17 bits per heavy atom. The minimum absolute atomic E-state index is 0.120. The highest BCUT2D eigenvalue weighted by Crippen LogP contribution is 2.24. The van der Waals surface area contributed by atoms with Crippen LogP contribution in [0.15, 0.2) is 53.5 Å². The van der Waals surface area contributed by atoms with Crippen LogP contribution in [0.25, 0.3) is 16.7 Å². The highest BCUT2D eigenvalue weighted by molar-refractivity contribution is 6.33. The molecule has 4 rings (SSSR count). The molecular weight excluding hydrogens is 400 g/mol. The Morgan fingerprint density at radius 2 is 1.93 bits per heavy atom. The van der Waals surface area contributed by atoms with Crippen molar-refractivity contribution in [1.82, 2.24) is 19.3 Å². The fourth-order valence-electron chi connectivity index (χ4n) is 3.15. The monoisotopic (exact) mass is 415 g/mol. The highest BCUT2D eigenvalue weighted by Gasteiger charge is 2.18. The first kappa shape index (κ1) is 19.1. The minimum Gasteiger partial charge on any atom is -0.364 e. The lowest BCUT2D eigenvalue weighted by molar-refractivity contribution is 0.570. The van der Waals surface area contributed by atoms with E-state index in [9.17, 15) is 13.6 Å². The molecule has 148 valence electrons. The molecule has 2 aromatic heterocycles. The number of benzene rings is 2. The van der Waals surface area contributed by atoms with Gasteiger partial charge in [-0.1, -0.05) is 23.7 Å². The molecule has 0 saturated heterocycles. The largest absolute Gasteiger partial charge is 0.364 e. The number of fused-ring (bicyclic) bond motifs is 1. The fourth-order valence-corrected chi connectivity index (χ4v) is 3.42. The zero-order valence-corrected chi connectivity index (χ0v) is 16.4. The molecule has 0 atom stereocenters. The number of aryl methyl sites for hydroxylation is 1. The van der Waals surface area contributed by atoms with Crippen molar-refractivity contribution >= 4 is 28.3 Å². The van der Waals surface area contributed by atoms with Gasteiger partial charge < -0.3 is 9.47 Å². The fraction of sp³-hybridized carbons (Fsp3) is 0.150. The van der Waals surface area contributed by atoms with Gasteiger partial charge in [-0.15, -0.1) is 0 Å². The first-order valence-electron chi connectivity index (χ1n) is 8.71. The van der Waals surface area contributed by atoms with Gasteiger partial charge in [0.25, 0.3) is 5.56 Å². The first-order valence-corrected chi connectivity index (χ1v) is 9.09. The highest BCUT2D eigenvalue weighted by atomic mass is 35.5. The molecule has 0 bridgehead atoms. The van der Waals surface area contributed by atoms with Crippen molar-refractivity contribution < 1.29 is 8.78 Å². The summed E-state index contributed by atoms with van der Waals surface area (Å²) in [7, 11) is 3.66. The van der Waals surface area contributed by atoms with Crippen molar-refractivity contribution in [2.45, 2.75) is 6.54 Å². The Morgan fingerprint density at radius 3 is 2.66 bits per heavy atom. The van der Waals surface area contributed by atoms with E-state index < -0.39 is 17.2 Å². The summed E-state index contributed by atoms with van der Waals surface area (Å²) in [6, 6.07) is 10.6. The van der Waals surface area contributed by atoms with Gasteiger partial charge in [0.1, 0.15) is 22.4 Å². The molecule has 0 fully saturated rings. The van der Waals surface area contributed by atoms with Gasteiger partial charge in [0.2, 0.25) is 0 Å². The summed E-state index contributed by atoms with van der Waals surface area (Å²) in [5.41, 5.74) is 1.35. The predicted octanol–water partition coefficient (Wildman–Crippen LogP) is 3.69. The van der Waals surface area contributed by atoms with Crippen LogP contribution in [0, 0.1) is 11.6 Å². The standard InChI is InChI=1S/C20H16ClF2N5O/c1-26(11-18-25-14-5-3-4-6-16(14)27(18)2)17-10-24-28(20(29)19(17)21)15-8-7-12(22)9-13(15)23/h3-10H,11H2,1-2H3. The first-order chi connectivity index (χ1) is 13.9. The van der Waals surface area contributed by atoms with Crippen LogP contribution in [0.5, 0.6) is 0 Å². The second-order valence-corrected chi connectivity index (χ2v) is 6.97. The molecule has 2 heterocycles. The lowest BCUT2D eigenvalue weighted by Crippen LogP contribution is -2.27. The minimum atomic E-state index is -0.906. The second-order valence-electron chi connectivity index (χ2n) is 6.59. The molecule has 0 aliphatic rings. The number of hydrogen-bond donors (Lipinski definition) is 0. The van der Waals surface area contributed by atoms with E-state index in [4.69, 9.17) is 11.6 Å². The summed E-state index contributed by atoms with van der Waals surface area (Å²) in [5.74, 6) is -0.876. The summed E-state index contributed by atoms with van der Waals surface area (Å²) in [4.78, 5) is 19.0. The lowest BCUT2D eigenvalue weighted by Gasteiger charge is -2.20. The van der Waals surface area contributed by atoms with Gasteiger partial charge in [-0.25, -0.2) is 13.8 Å². The average molecular weight is 416 g/mol. The van der Waals surface area contributed by atoms with E-state index in [1.165, 1.54) is 6.20 Å². The van der Waals surface area contributed by atoms with Crippen molar-refractivity contribution in [3.63, 3.8) is 0 Å². The molecule has 0 aliphatic heterocycles. The van der Waals surface area contributed by atoms with E-state index in [-0.39, 0.29) is 10.7 Å². The van der Waals surface area contributed by atoms with E-state index in [1.54, 1.807) is 11.9 Å². The van der Waals surface area contributed by atoms with Crippen LogP contribution in [0.1, 0.15) is 5.82 Å². The molecule has 0 aliphatic carbocycles. The van der Waals surface area contributed by atoms with Gasteiger partial charge in [-0.3, -0.25) is 4.79 Å². The Labute approximate surface area is 169 Å². The SMILES string of the molecule is CN(Cc1nc2ccccc2n1C)c1cnn(-c2ccc(F)cc2F)c(=O)c1Cl. The van der Waals surface area contributed by atoms with Crippen LogP contribution in [0.3, 0.4) is 0 Å². The van der Waals surface area contributed by atoms with Crippen LogP contribution in [0.2, 0.25) is 5.02 Å². The zero-order chi connectivity index (χ0) is 20.7. The van der Waals surface area contributed by atoms with E-state index in [0.717, 1.165) is 33.7 Å². The molecule has 4 aromatic rings. The number of para-hydroxylation sites is 2. The number of rotatable bonds is 4. The summed E-state index contributed by atoms with van der Waals surface area (Å²) < 4.78 is 29.9. The van der Waals surface area contributed by atoms with Crippen molar-refractivity contribution in [2.75, 3.05) is 11.9 Å². The Bertz CT molecular complexity index is 1280. The van der Waals surface area contributed by atoms with E-state index in [0.29, 0.717) is 18.3 Å².